The highest BCUT2D eigenvalue weighted by atomic mass is 32.2. The number of carbonyl (C=O) groups excluding carboxylic acids is 1. The van der Waals surface area contributed by atoms with Crippen molar-refractivity contribution in [2.24, 2.45) is 5.92 Å². The lowest BCUT2D eigenvalue weighted by Crippen LogP contribution is -2.22. The molecule has 1 aliphatic carbocycles. The third-order valence-electron chi connectivity index (χ3n) is 3.74. The zero-order valence-electron chi connectivity index (χ0n) is 18.5. The largest absolute Gasteiger partial charge is 0.486 e. The average molecular weight is 342 g/mol. The highest BCUT2D eigenvalue weighted by Gasteiger charge is 2.43. The zero-order chi connectivity index (χ0) is 21.8. The monoisotopic (exact) mass is 342 g/mol. The summed E-state index contributed by atoms with van der Waals surface area (Å²) in [5.41, 5.74) is -3.31. The van der Waals surface area contributed by atoms with Crippen molar-refractivity contribution in [1.82, 2.24) is 0 Å². The van der Waals surface area contributed by atoms with Gasteiger partial charge in [-0.15, -0.1) is 0 Å². The third kappa shape index (κ3) is 3.27. The maximum Gasteiger partial charge on any atom is 0.374 e. The third-order valence-corrected chi connectivity index (χ3v) is 4.87. The first kappa shape index (κ1) is 10.1. The van der Waals surface area contributed by atoms with Crippen LogP contribution < -0.4 is 0 Å². The second-order valence-electron chi connectivity index (χ2n) is 5.83. The molecule has 0 aromatic heterocycles. The summed E-state index contributed by atoms with van der Waals surface area (Å²) < 4.78 is 81.2. The van der Waals surface area contributed by atoms with Crippen molar-refractivity contribution in [2.45, 2.75) is 37.0 Å². The smallest absolute Gasteiger partial charge is 0.374 e. The van der Waals surface area contributed by atoms with E-state index in [-0.39, 0.29) is 23.0 Å². The number of cyclic esters (lactones) is 1. The summed E-state index contributed by atoms with van der Waals surface area (Å²) in [7, 11) is -3.53. The van der Waals surface area contributed by atoms with E-state index in [1.165, 1.54) is 24.3 Å². The lowest BCUT2D eigenvalue weighted by molar-refractivity contribution is -0.147. The molecule has 0 radical (unpaired) electrons. The van der Waals surface area contributed by atoms with Gasteiger partial charge in [0.05, 0.1) is 17.1 Å². The zero-order valence-corrected chi connectivity index (χ0v) is 13.3. The van der Waals surface area contributed by atoms with Crippen molar-refractivity contribution >= 4 is 21.4 Å². The van der Waals surface area contributed by atoms with Crippen molar-refractivity contribution in [3.05, 3.63) is 35.6 Å². The molecule has 5 nitrogen and oxygen atoms in total. The van der Waals surface area contributed by atoms with Gasteiger partial charge in [-0.1, -0.05) is 12.1 Å². The molecule has 1 saturated carbocycles. The minimum absolute atomic E-state index is 0.0290. The number of benzene rings is 1. The Morgan fingerprint density at radius 2 is 1.96 bits per heavy atom. The normalized spacial score (nSPS) is 25.5. The predicted octanol–water partition coefficient (Wildman–Crippen LogP) is 2.56. The summed E-state index contributed by atoms with van der Waals surface area (Å²) in [6, 6.07) is 4.92. The summed E-state index contributed by atoms with van der Waals surface area (Å²) in [6.07, 6.45) is 2.79. The number of hydrogen-bond acceptors (Lipinski definition) is 5. The van der Waals surface area contributed by atoms with Crippen LogP contribution in [0.25, 0.3) is 5.57 Å². The van der Waals surface area contributed by atoms with Crippen LogP contribution in [0.4, 0.5) is 0 Å². The van der Waals surface area contributed by atoms with Crippen LogP contribution in [0.2, 0.25) is 0 Å². The van der Waals surface area contributed by atoms with Gasteiger partial charge >= 0.3 is 5.97 Å². The molecule has 1 aliphatic heterocycles. The first-order valence-corrected chi connectivity index (χ1v) is 8.99. The molecule has 0 saturated heterocycles. The van der Waals surface area contributed by atoms with E-state index in [1.807, 2.05) is 0 Å². The molecule has 1 aromatic carbocycles. The number of rotatable bonds is 5. The first-order chi connectivity index (χ1) is 13.2. The molecular formula is C17H20O5S. The van der Waals surface area contributed by atoms with Gasteiger partial charge in [-0.25, -0.2) is 13.2 Å². The lowest BCUT2D eigenvalue weighted by Gasteiger charge is -2.21. The Hall–Kier alpha value is -1.82. The molecular weight excluding hydrogens is 316 g/mol. The van der Waals surface area contributed by atoms with Gasteiger partial charge in [-0.3, -0.25) is 0 Å². The quantitative estimate of drug-likeness (QED) is 0.769. The Morgan fingerprint density at radius 3 is 2.48 bits per heavy atom. The van der Waals surface area contributed by atoms with Gasteiger partial charge in [-0.2, -0.15) is 0 Å². The number of ether oxygens (including phenoxy) is 2. The minimum atomic E-state index is -3.53. The molecule has 1 heterocycles. The number of hydrogen-bond donors (Lipinski definition) is 0. The van der Waals surface area contributed by atoms with E-state index in [1.54, 1.807) is 0 Å². The number of esters is 1. The SMILES string of the molecule is [2H]C([2H])([2H])C1(C([2H])([2H])[2H])OC(=O)C(OCC2CC2)=C1c1ccc(S(C)(=O)=O)cc1. The van der Waals surface area contributed by atoms with E-state index in [9.17, 15) is 13.2 Å². The molecule has 0 spiro atoms. The Balaban J connectivity index is 2.23. The summed E-state index contributed by atoms with van der Waals surface area (Å²) in [4.78, 5) is 12.5. The van der Waals surface area contributed by atoms with Gasteiger partial charge in [0.2, 0.25) is 5.76 Å². The molecule has 1 aromatic rings. The fourth-order valence-corrected chi connectivity index (χ4v) is 2.95. The average Bonchev–Trinajstić information content (AvgIpc) is 3.33. The summed E-state index contributed by atoms with van der Waals surface area (Å²) in [5, 5.41) is 0. The van der Waals surface area contributed by atoms with Gasteiger partial charge in [0.25, 0.3) is 0 Å². The van der Waals surface area contributed by atoms with E-state index in [0.717, 1.165) is 19.1 Å². The lowest BCUT2D eigenvalue weighted by atomic mass is 9.92. The summed E-state index contributed by atoms with van der Waals surface area (Å²) >= 11 is 0. The van der Waals surface area contributed by atoms with Crippen molar-refractivity contribution in [1.29, 1.82) is 0 Å². The van der Waals surface area contributed by atoms with Crippen molar-refractivity contribution in [3.63, 3.8) is 0 Å². The van der Waals surface area contributed by atoms with Gasteiger partial charge in [0.1, 0.15) is 5.60 Å². The fraction of sp³-hybridized carbons (Fsp3) is 0.471. The van der Waals surface area contributed by atoms with Crippen LogP contribution in [0.3, 0.4) is 0 Å². The van der Waals surface area contributed by atoms with Gasteiger partial charge < -0.3 is 9.47 Å². The van der Waals surface area contributed by atoms with Gasteiger partial charge in [0.15, 0.2) is 9.84 Å². The Morgan fingerprint density at radius 1 is 1.30 bits per heavy atom. The van der Waals surface area contributed by atoms with E-state index in [4.69, 9.17) is 17.7 Å². The second-order valence-corrected chi connectivity index (χ2v) is 7.84. The number of sulfone groups is 1. The van der Waals surface area contributed by atoms with Gasteiger partial charge in [-0.05, 0) is 50.2 Å². The fourth-order valence-electron chi connectivity index (χ4n) is 2.32. The van der Waals surface area contributed by atoms with Gasteiger partial charge in [0, 0.05) is 14.5 Å². The molecule has 6 heteroatoms. The van der Waals surface area contributed by atoms with E-state index < -0.39 is 46.4 Å². The molecule has 0 amide bonds. The summed E-state index contributed by atoms with van der Waals surface area (Å²) in [5.74, 6) is -1.42. The van der Waals surface area contributed by atoms with Crippen molar-refractivity contribution in [2.75, 3.05) is 12.9 Å². The van der Waals surface area contributed by atoms with Crippen molar-refractivity contribution < 1.29 is 30.9 Å². The van der Waals surface area contributed by atoms with Crippen LogP contribution in [0.1, 0.15) is 40.3 Å². The van der Waals surface area contributed by atoms with Crippen LogP contribution >= 0.6 is 0 Å². The minimum Gasteiger partial charge on any atom is -0.486 e. The Bertz CT molecular complexity index is 942. The maximum absolute atomic E-state index is 12.5. The standard InChI is InChI=1S/C17H20O5S/c1-17(2)14(12-6-8-13(9-7-12)23(3,19)20)15(16(18)22-17)21-10-11-4-5-11/h6-9,11H,4-5,10H2,1-3H3/i1D3,2D3. The molecule has 3 rings (SSSR count). The van der Waals surface area contributed by atoms with Crippen LogP contribution in [-0.2, 0) is 24.1 Å². The Labute approximate surface area is 144 Å². The number of carbonyl (C=O) groups is 1. The summed E-state index contributed by atoms with van der Waals surface area (Å²) in [6.45, 7) is -6.33. The van der Waals surface area contributed by atoms with Crippen molar-refractivity contribution in [3.8, 4) is 0 Å². The van der Waals surface area contributed by atoms with E-state index in [2.05, 4.69) is 0 Å². The van der Waals surface area contributed by atoms with Crippen LogP contribution in [0, 0.1) is 5.92 Å². The van der Waals surface area contributed by atoms with Crippen LogP contribution in [-0.4, -0.2) is 32.9 Å². The molecule has 0 atom stereocenters. The van der Waals surface area contributed by atoms with E-state index >= 15 is 0 Å². The molecule has 124 valence electrons. The molecule has 0 bridgehead atoms. The second kappa shape index (κ2) is 5.37. The predicted molar refractivity (Wildman–Crippen MR) is 85.3 cm³/mol. The maximum atomic E-state index is 12.5. The molecule has 0 unspecified atom stereocenters. The molecule has 23 heavy (non-hydrogen) atoms. The van der Waals surface area contributed by atoms with E-state index in [0.29, 0.717) is 0 Å². The highest BCUT2D eigenvalue weighted by Crippen LogP contribution is 2.41. The van der Waals surface area contributed by atoms with Crippen LogP contribution in [0.15, 0.2) is 34.9 Å². The highest BCUT2D eigenvalue weighted by molar-refractivity contribution is 7.90. The van der Waals surface area contributed by atoms with Crippen LogP contribution in [0.5, 0.6) is 0 Å². The molecule has 2 aliphatic rings. The Kier molecular flexibility index (Phi) is 2.37. The first-order valence-electron chi connectivity index (χ1n) is 10.1. The molecule has 0 N–H and O–H groups in total. The topological polar surface area (TPSA) is 69.7 Å². The molecule has 1 fully saturated rings.